The maximum absolute atomic E-state index is 2.29. The van der Waals surface area contributed by atoms with Crippen LogP contribution in [0.4, 0.5) is 0 Å². The molecular weight excluding hydrogens is 212 g/mol. The van der Waals surface area contributed by atoms with Crippen LogP contribution in [0.1, 0.15) is 16.7 Å². The lowest BCUT2D eigenvalue weighted by molar-refractivity contribution is 1.39. The zero-order valence-electron chi connectivity index (χ0n) is 9.79. The van der Waals surface area contributed by atoms with E-state index in [0.717, 1.165) is 0 Å². The fourth-order valence-electron chi connectivity index (χ4n) is 2.19. The van der Waals surface area contributed by atoms with Crippen LogP contribution in [0.25, 0.3) is 20.2 Å². The molecule has 1 heterocycles. The van der Waals surface area contributed by atoms with E-state index in [9.17, 15) is 0 Å². The molecule has 1 heteroatoms. The molecule has 0 fully saturated rings. The largest absolute Gasteiger partial charge is 0.135 e. The van der Waals surface area contributed by atoms with Gasteiger partial charge in [0.1, 0.15) is 0 Å². The van der Waals surface area contributed by atoms with Crippen molar-refractivity contribution in [1.82, 2.24) is 0 Å². The first-order valence-electron chi connectivity index (χ1n) is 5.56. The summed E-state index contributed by atoms with van der Waals surface area (Å²) >= 11 is 1.91. The molecule has 0 unspecified atom stereocenters. The van der Waals surface area contributed by atoms with Crippen molar-refractivity contribution in [2.75, 3.05) is 0 Å². The van der Waals surface area contributed by atoms with Crippen LogP contribution in [-0.4, -0.2) is 0 Å². The van der Waals surface area contributed by atoms with Crippen LogP contribution in [0, 0.1) is 20.8 Å². The lowest BCUT2D eigenvalue weighted by Gasteiger charge is -2.00. The SMILES string of the molecule is Cc1ccc2sc3c(C)c(C)ccc3c2c1. The fraction of sp³-hybridized carbons (Fsp3) is 0.200. The molecule has 0 saturated heterocycles. The van der Waals surface area contributed by atoms with Crippen LogP contribution >= 0.6 is 11.3 Å². The van der Waals surface area contributed by atoms with Gasteiger partial charge < -0.3 is 0 Å². The molecule has 2 aromatic carbocycles. The quantitative estimate of drug-likeness (QED) is 0.507. The number of fused-ring (bicyclic) bond motifs is 3. The lowest BCUT2D eigenvalue weighted by atomic mass is 10.0. The molecule has 0 aliphatic rings. The summed E-state index contributed by atoms with van der Waals surface area (Å²) in [4.78, 5) is 0. The molecule has 0 aliphatic heterocycles. The summed E-state index contributed by atoms with van der Waals surface area (Å²) in [6.45, 7) is 6.56. The smallest absolute Gasteiger partial charge is 0.0387 e. The summed E-state index contributed by atoms with van der Waals surface area (Å²) in [5.74, 6) is 0. The molecule has 1 aromatic heterocycles. The molecule has 80 valence electrons. The minimum atomic E-state index is 1.34. The van der Waals surface area contributed by atoms with Gasteiger partial charge in [-0.05, 0) is 44.0 Å². The highest BCUT2D eigenvalue weighted by Gasteiger charge is 2.07. The molecule has 0 saturated carbocycles. The number of aryl methyl sites for hydroxylation is 3. The second-order valence-electron chi connectivity index (χ2n) is 4.49. The standard InChI is InChI=1S/C15H14S/c1-9-4-7-14-13(8-9)12-6-5-10(2)11(3)15(12)16-14/h4-8H,1-3H3. The van der Waals surface area contributed by atoms with Crippen LogP contribution < -0.4 is 0 Å². The summed E-state index contributed by atoms with van der Waals surface area (Å²) in [6, 6.07) is 11.2. The lowest BCUT2D eigenvalue weighted by Crippen LogP contribution is -1.79. The minimum absolute atomic E-state index is 1.34. The Labute approximate surface area is 99.5 Å². The average Bonchev–Trinajstić information content (AvgIpc) is 2.62. The van der Waals surface area contributed by atoms with E-state index in [1.165, 1.54) is 36.9 Å². The van der Waals surface area contributed by atoms with E-state index in [1.54, 1.807) is 0 Å². The predicted octanol–water partition coefficient (Wildman–Crippen LogP) is 4.98. The Hall–Kier alpha value is -1.34. The highest BCUT2D eigenvalue weighted by Crippen LogP contribution is 2.36. The van der Waals surface area contributed by atoms with Crippen molar-refractivity contribution in [1.29, 1.82) is 0 Å². The molecule has 0 amide bonds. The number of hydrogen-bond donors (Lipinski definition) is 0. The summed E-state index contributed by atoms with van der Waals surface area (Å²) in [6.07, 6.45) is 0. The van der Waals surface area contributed by atoms with Crippen LogP contribution in [0.15, 0.2) is 30.3 Å². The Balaban J connectivity index is 2.56. The number of rotatable bonds is 0. The van der Waals surface area contributed by atoms with E-state index >= 15 is 0 Å². The normalized spacial score (nSPS) is 11.4. The van der Waals surface area contributed by atoms with Crippen LogP contribution in [0.2, 0.25) is 0 Å². The number of benzene rings is 2. The maximum Gasteiger partial charge on any atom is 0.0387 e. The van der Waals surface area contributed by atoms with Crippen LogP contribution in [-0.2, 0) is 0 Å². The van der Waals surface area contributed by atoms with Gasteiger partial charge in [-0.15, -0.1) is 11.3 Å². The Morgan fingerprint density at radius 1 is 0.875 bits per heavy atom. The molecule has 16 heavy (non-hydrogen) atoms. The molecule has 3 rings (SSSR count). The molecule has 0 bridgehead atoms. The average molecular weight is 226 g/mol. The van der Waals surface area contributed by atoms with Crippen molar-refractivity contribution >= 4 is 31.5 Å². The summed E-state index contributed by atoms with van der Waals surface area (Å²) in [7, 11) is 0. The Morgan fingerprint density at radius 3 is 2.50 bits per heavy atom. The maximum atomic E-state index is 2.29. The van der Waals surface area contributed by atoms with Gasteiger partial charge in [0.05, 0.1) is 0 Å². The summed E-state index contributed by atoms with van der Waals surface area (Å²) in [5.41, 5.74) is 4.15. The van der Waals surface area contributed by atoms with Gasteiger partial charge in [-0.1, -0.05) is 23.8 Å². The van der Waals surface area contributed by atoms with Crippen LogP contribution in [0.5, 0.6) is 0 Å². The molecule has 0 nitrogen and oxygen atoms in total. The molecule has 0 N–H and O–H groups in total. The van der Waals surface area contributed by atoms with Crippen molar-refractivity contribution in [2.24, 2.45) is 0 Å². The third-order valence-electron chi connectivity index (χ3n) is 3.31. The van der Waals surface area contributed by atoms with Crippen molar-refractivity contribution in [3.63, 3.8) is 0 Å². The van der Waals surface area contributed by atoms with E-state index in [1.807, 2.05) is 11.3 Å². The van der Waals surface area contributed by atoms with E-state index < -0.39 is 0 Å². The summed E-state index contributed by atoms with van der Waals surface area (Å²) < 4.78 is 2.84. The molecule has 0 spiro atoms. The second kappa shape index (κ2) is 3.33. The third kappa shape index (κ3) is 1.28. The van der Waals surface area contributed by atoms with E-state index in [-0.39, 0.29) is 0 Å². The molecule has 0 aliphatic carbocycles. The predicted molar refractivity (Wildman–Crippen MR) is 73.5 cm³/mol. The Morgan fingerprint density at radius 2 is 1.69 bits per heavy atom. The van der Waals surface area contributed by atoms with Gasteiger partial charge in [0.2, 0.25) is 0 Å². The van der Waals surface area contributed by atoms with Crippen molar-refractivity contribution in [3.05, 3.63) is 47.0 Å². The van der Waals surface area contributed by atoms with Gasteiger partial charge in [-0.2, -0.15) is 0 Å². The van der Waals surface area contributed by atoms with E-state index in [4.69, 9.17) is 0 Å². The fourth-order valence-corrected chi connectivity index (χ4v) is 3.42. The Bertz CT molecular complexity index is 689. The first-order chi connectivity index (χ1) is 7.66. The number of hydrogen-bond acceptors (Lipinski definition) is 1. The van der Waals surface area contributed by atoms with Crippen molar-refractivity contribution in [3.8, 4) is 0 Å². The van der Waals surface area contributed by atoms with Gasteiger partial charge in [-0.3, -0.25) is 0 Å². The second-order valence-corrected chi connectivity index (χ2v) is 5.54. The molecule has 0 radical (unpaired) electrons. The van der Waals surface area contributed by atoms with Gasteiger partial charge in [-0.25, -0.2) is 0 Å². The topological polar surface area (TPSA) is 0 Å². The monoisotopic (exact) mass is 226 g/mol. The van der Waals surface area contributed by atoms with Crippen molar-refractivity contribution in [2.45, 2.75) is 20.8 Å². The zero-order valence-corrected chi connectivity index (χ0v) is 10.6. The first-order valence-corrected chi connectivity index (χ1v) is 6.37. The number of thiophene rings is 1. The van der Waals surface area contributed by atoms with E-state index in [0.29, 0.717) is 0 Å². The minimum Gasteiger partial charge on any atom is -0.135 e. The van der Waals surface area contributed by atoms with Gasteiger partial charge >= 0.3 is 0 Å². The van der Waals surface area contributed by atoms with Gasteiger partial charge in [0, 0.05) is 20.2 Å². The highest BCUT2D eigenvalue weighted by atomic mass is 32.1. The molecule has 0 atom stereocenters. The highest BCUT2D eigenvalue weighted by molar-refractivity contribution is 7.26. The molecular formula is C15H14S. The van der Waals surface area contributed by atoms with Crippen molar-refractivity contribution < 1.29 is 0 Å². The zero-order chi connectivity index (χ0) is 11.3. The van der Waals surface area contributed by atoms with Gasteiger partial charge in [0.25, 0.3) is 0 Å². The van der Waals surface area contributed by atoms with E-state index in [2.05, 4.69) is 51.1 Å². The third-order valence-corrected chi connectivity index (χ3v) is 4.62. The van der Waals surface area contributed by atoms with Gasteiger partial charge in [0.15, 0.2) is 0 Å². The van der Waals surface area contributed by atoms with Crippen LogP contribution in [0.3, 0.4) is 0 Å². The first kappa shape index (κ1) is 9.86. The summed E-state index contributed by atoms with van der Waals surface area (Å²) in [5, 5.41) is 2.81. The Kier molecular flexibility index (Phi) is 2.05. The molecule has 3 aromatic rings.